The maximum atomic E-state index is 11.9. The smallest absolute Gasteiger partial charge is 0.252 e. The maximum absolute atomic E-state index is 11.9. The summed E-state index contributed by atoms with van der Waals surface area (Å²) in [5.74, 6) is -0.431. The minimum absolute atomic E-state index is 0.172. The van der Waals surface area contributed by atoms with Crippen molar-refractivity contribution >= 4 is 23.4 Å². The van der Waals surface area contributed by atoms with Crippen molar-refractivity contribution in [3.63, 3.8) is 0 Å². The molecule has 1 aliphatic rings. The second-order valence-electron chi connectivity index (χ2n) is 4.59. The predicted molar refractivity (Wildman–Crippen MR) is 79.4 cm³/mol. The number of hydrogen-bond acceptors (Lipinski definition) is 4. The van der Waals surface area contributed by atoms with Gasteiger partial charge in [-0.3, -0.25) is 9.59 Å². The van der Waals surface area contributed by atoms with Crippen LogP contribution >= 0.6 is 11.6 Å². The van der Waals surface area contributed by atoms with Crippen LogP contribution in [-0.2, 0) is 9.53 Å². The van der Waals surface area contributed by atoms with E-state index in [1.807, 2.05) is 0 Å². The number of ether oxygens (including phenoxy) is 1. The number of hydrogen-bond donors (Lipinski definition) is 3. The summed E-state index contributed by atoms with van der Waals surface area (Å²) in [4.78, 5) is 23.6. The number of morpholine rings is 1. The molecule has 1 atom stereocenters. The summed E-state index contributed by atoms with van der Waals surface area (Å²) < 4.78 is 5.32. The minimum atomic E-state index is -0.460. The van der Waals surface area contributed by atoms with Gasteiger partial charge in [0.05, 0.1) is 17.2 Å². The molecule has 1 heterocycles. The van der Waals surface area contributed by atoms with Gasteiger partial charge in [0.1, 0.15) is 6.10 Å². The van der Waals surface area contributed by atoms with E-state index in [4.69, 9.17) is 16.3 Å². The first kappa shape index (κ1) is 15.8. The lowest BCUT2D eigenvalue weighted by atomic mass is 10.2. The molecule has 1 aromatic carbocycles. The molecule has 21 heavy (non-hydrogen) atoms. The molecule has 2 amide bonds. The van der Waals surface area contributed by atoms with Crippen molar-refractivity contribution in [3.8, 4) is 0 Å². The third-order valence-electron chi connectivity index (χ3n) is 3.05. The summed E-state index contributed by atoms with van der Waals surface area (Å²) in [6, 6.07) is 6.82. The molecular formula is C14H18ClN3O3. The largest absolute Gasteiger partial charge is 0.366 e. The molecular weight excluding hydrogens is 294 g/mol. The summed E-state index contributed by atoms with van der Waals surface area (Å²) in [6.07, 6.45) is -0.460. The summed E-state index contributed by atoms with van der Waals surface area (Å²) in [7, 11) is 0. The zero-order valence-corrected chi connectivity index (χ0v) is 12.3. The molecule has 1 saturated heterocycles. The monoisotopic (exact) mass is 311 g/mol. The highest BCUT2D eigenvalue weighted by atomic mass is 35.5. The Morgan fingerprint density at radius 1 is 1.29 bits per heavy atom. The highest BCUT2D eigenvalue weighted by Crippen LogP contribution is 2.14. The van der Waals surface area contributed by atoms with E-state index in [2.05, 4.69) is 16.0 Å². The van der Waals surface area contributed by atoms with Crippen LogP contribution in [0.5, 0.6) is 0 Å². The molecule has 114 valence electrons. The molecule has 1 fully saturated rings. The first-order valence-electron chi connectivity index (χ1n) is 6.81. The lowest BCUT2D eigenvalue weighted by molar-refractivity contribution is -0.134. The lowest BCUT2D eigenvalue weighted by Gasteiger charge is -2.22. The van der Waals surface area contributed by atoms with E-state index in [1.165, 1.54) is 0 Å². The van der Waals surface area contributed by atoms with Gasteiger partial charge in [-0.05, 0) is 12.1 Å². The molecule has 1 aromatic rings. The van der Waals surface area contributed by atoms with Gasteiger partial charge in [-0.15, -0.1) is 0 Å². The Labute approximate surface area is 128 Å². The molecule has 7 heteroatoms. The zero-order valence-electron chi connectivity index (χ0n) is 11.5. The Morgan fingerprint density at radius 3 is 2.76 bits per heavy atom. The Bertz CT molecular complexity index is 504. The topological polar surface area (TPSA) is 79.5 Å². The number of rotatable bonds is 5. The number of carbonyl (C=O) groups excluding carboxylic acids is 2. The van der Waals surface area contributed by atoms with Crippen LogP contribution in [0.1, 0.15) is 10.4 Å². The number of halogens is 1. The van der Waals surface area contributed by atoms with E-state index >= 15 is 0 Å². The van der Waals surface area contributed by atoms with Crippen molar-refractivity contribution in [1.82, 2.24) is 16.0 Å². The first-order valence-corrected chi connectivity index (χ1v) is 7.19. The summed E-state index contributed by atoms with van der Waals surface area (Å²) in [5, 5.41) is 8.91. The predicted octanol–water partition coefficient (Wildman–Crippen LogP) is 0.174. The zero-order chi connectivity index (χ0) is 15.1. The Morgan fingerprint density at radius 2 is 2.05 bits per heavy atom. The number of carbonyl (C=O) groups is 2. The van der Waals surface area contributed by atoms with Gasteiger partial charge in [-0.1, -0.05) is 23.7 Å². The van der Waals surface area contributed by atoms with E-state index in [-0.39, 0.29) is 11.8 Å². The molecule has 6 nitrogen and oxygen atoms in total. The van der Waals surface area contributed by atoms with E-state index in [9.17, 15) is 9.59 Å². The maximum Gasteiger partial charge on any atom is 0.252 e. The van der Waals surface area contributed by atoms with Crippen LogP contribution in [0, 0.1) is 0 Å². The average Bonchev–Trinajstić information content (AvgIpc) is 2.52. The fourth-order valence-electron chi connectivity index (χ4n) is 1.95. The highest BCUT2D eigenvalue weighted by Gasteiger charge is 2.21. The van der Waals surface area contributed by atoms with Gasteiger partial charge in [-0.25, -0.2) is 0 Å². The standard InChI is InChI=1S/C14H18ClN3O3/c15-11-4-2-1-3-10(11)13(19)17-5-6-18-14(20)12-9-16-7-8-21-12/h1-4,12,16H,5-9H2,(H,17,19)(H,18,20)/t12-/m0/s1. The van der Waals surface area contributed by atoms with Crippen LogP contribution in [0.15, 0.2) is 24.3 Å². The molecule has 0 bridgehead atoms. The van der Waals surface area contributed by atoms with Crippen molar-refractivity contribution in [3.05, 3.63) is 34.9 Å². The van der Waals surface area contributed by atoms with E-state index in [1.54, 1.807) is 24.3 Å². The molecule has 3 N–H and O–H groups in total. The fourth-order valence-corrected chi connectivity index (χ4v) is 2.17. The molecule has 2 rings (SSSR count). The average molecular weight is 312 g/mol. The fraction of sp³-hybridized carbons (Fsp3) is 0.429. The van der Waals surface area contributed by atoms with Crippen LogP contribution < -0.4 is 16.0 Å². The minimum Gasteiger partial charge on any atom is -0.366 e. The van der Waals surface area contributed by atoms with E-state index in [0.29, 0.717) is 36.8 Å². The molecule has 0 spiro atoms. The quantitative estimate of drug-likeness (QED) is 0.678. The number of amides is 2. The first-order chi connectivity index (χ1) is 10.2. The normalized spacial score (nSPS) is 18.0. The summed E-state index contributed by atoms with van der Waals surface area (Å²) in [5.41, 5.74) is 0.422. The summed E-state index contributed by atoms with van der Waals surface area (Å²) in [6.45, 7) is 2.47. The second-order valence-corrected chi connectivity index (χ2v) is 5.00. The van der Waals surface area contributed by atoms with Crippen molar-refractivity contribution in [2.75, 3.05) is 32.8 Å². The molecule has 0 radical (unpaired) electrons. The van der Waals surface area contributed by atoms with Crippen LogP contribution in [0.25, 0.3) is 0 Å². The lowest BCUT2D eigenvalue weighted by Crippen LogP contribution is -2.49. The highest BCUT2D eigenvalue weighted by molar-refractivity contribution is 6.33. The second kappa shape index (κ2) is 7.97. The van der Waals surface area contributed by atoms with Crippen molar-refractivity contribution in [1.29, 1.82) is 0 Å². The molecule has 0 unspecified atom stereocenters. The molecule has 0 aliphatic carbocycles. The van der Waals surface area contributed by atoms with Crippen LogP contribution in [0.3, 0.4) is 0 Å². The van der Waals surface area contributed by atoms with Crippen LogP contribution in [0.2, 0.25) is 5.02 Å². The number of nitrogens with one attached hydrogen (secondary N) is 3. The van der Waals surface area contributed by atoms with Crippen molar-refractivity contribution in [2.45, 2.75) is 6.10 Å². The summed E-state index contributed by atoms with van der Waals surface area (Å²) >= 11 is 5.93. The Kier molecular flexibility index (Phi) is 5.98. The number of benzene rings is 1. The van der Waals surface area contributed by atoms with Crippen molar-refractivity contribution in [2.24, 2.45) is 0 Å². The molecule has 0 saturated carbocycles. The van der Waals surface area contributed by atoms with Crippen molar-refractivity contribution < 1.29 is 14.3 Å². The van der Waals surface area contributed by atoms with Gasteiger partial charge in [0.15, 0.2) is 0 Å². The molecule has 0 aromatic heterocycles. The van der Waals surface area contributed by atoms with Gasteiger partial charge < -0.3 is 20.7 Å². The SMILES string of the molecule is O=C(NCCNC(=O)[C@@H]1CNCCO1)c1ccccc1Cl. The third-order valence-corrected chi connectivity index (χ3v) is 3.38. The van der Waals surface area contributed by atoms with Crippen LogP contribution in [0.4, 0.5) is 0 Å². The Balaban J connectivity index is 1.68. The van der Waals surface area contributed by atoms with E-state index in [0.717, 1.165) is 6.54 Å². The van der Waals surface area contributed by atoms with Gasteiger partial charge in [0, 0.05) is 26.2 Å². The van der Waals surface area contributed by atoms with Gasteiger partial charge in [0.2, 0.25) is 0 Å². The van der Waals surface area contributed by atoms with E-state index < -0.39 is 6.10 Å². The van der Waals surface area contributed by atoms with Gasteiger partial charge in [-0.2, -0.15) is 0 Å². The van der Waals surface area contributed by atoms with Crippen LogP contribution in [-0.4, -0.2) is 50.7 Å². The van der Waals surface area contributed by atoms with Gasteiger partial charge >= 0.3 is 0 Å². The third kappa shape index (κ3) is 4.70. The van der Waals surface area contributed by atoms with Gasteiger partial charge in [0.25, 0.3) is 11.8 Å². The Hall–Kier alpha value is -1.63. The molecule has 1 aliphatic heterocycles.